The van der Waals surface area contributed by atoms with Gasteiger partial charge in [0.1, 0.15) is 11.6 Å². The van der Waals surface area contributed by atoms with E-state index in [1.54, 1.807) is 0 Å². The van der Waals surface area contributed by atoms with Crippen molar-refractivity contribution < 1.29 is 0 Å². The number of piperidine rings is 1. The molecule has 1 aliphatic carbocycles. The van der Waals surface area contributed by atoms with E-state index < -0.39 is 0 Å². The number of aromatic nitrogens is 2. The largest absolute Gasteiger partial charge is 0.361 e. The summed E-state index contributed by atoms with van der Waals surface area (Å²) < 4.78 is 0. The monoisotopic (exact) mass is 520 g/mol. The van der Waals surface area contributed by atoms with E-state index >= 15 is 0 Å². The van der Waals surface area contributed by atoms with Crippen molar-refractivity contribution in [1.29, 1.82) is 0 Å². The van der Waals surface area contributed by atoms with E-state index in [9.17, 15) is 0 Å². The van der Waals surface area contributed by atoms with Crippen LogP contribution >= 0.6 is 12.2 Å². The first-order chi connectivity index (χ1) is 18.0. The maximum atomic E-state index is 5.80. The van der Waals surface area contributed by atoms with Crippen molar-refractivity contribution in [2.75, 3.05) is 47.8 Å². The van der Waals surface area contributed by atoms with Crippen LogP contribution in [0.5, 0.6) is 0 Å². The summed E-state index contributed by atoms with van der Waals surface area (Å²) in [4.78, 5) is 14.9. The normalized spacial score (nSPS) is 23.9. The van der Waals surface area contributed by atoms with Crippen molar-refractivity contribution in [2.45, 2.75) is 77.0 Å². The van der Waals surface area contributed by atoms with Gasteiger partial charge in [-0.15, -0.1) is 0 Å². The molecule has 3 fully saturated rings. The number of hydrogen-bond donors (Lipinski definition) is 2. The van der Waals surface area contributed by atoms with E-state index in [4.69, 9.17) is 22.2 Å². The Kier molecular flexibility index (Phi) is 8.48. The molecule has 0 amide bonds. The molecule has 2 aromatic rings. The molecule has 7 heteroatoms. The highest BCUT2D eigenvalue weighted by Gasteiger charge is 2.35. The topological polar surface area (TPSA) is 56.3 Å². The Bertz CT molecular complexity index is 1020. The summed E-state index contributed by atoms with van der Waals surface area (Å²) >= 11 is 5.80. The molecule has 3 heterocycles. The molecule has 3 aliphatic rings. The number of thiocarbonyl (C=S) groups is 1. The fourth-order valence-electron chi connectivity index (χ4n) is 6.76. The summed E-state index contributed by atoms with van der Waals surface area (Å²) in [5.74, 6) is 4.00. The van der Waals surface area contributed by atoms with Gasteiger partial charge in [0.05, 0.1) is 0 Å². The van der Waals surface area contributed by atoms with Gasteiger partial charge in [0, 0.05) is 44.2 Å². The van der Waals surface area contributed by atoms with E-state index in [1.807, 2.05) is 0 Å². The molecule has 37 heavy (non-hydrogen) atoms. The molecule has 1 saturated carbocycles. The van der Waals surface area contributed by atoms with Crippen LogP contribution in [-0.2, 0) is 5.41 Å². The highest BCUT2D eigenvalue weighted by Crippen LogP contribution is 2.40. The maximum absolute atomic E-state index is 5.80. The smallest absolute Gasteiger partial charge is 0.232 e. The van der Waals surface area contributed by atoms with Gasteiger partial charge in [-0.3, -0.25) is 0 Å². The standard InChI is InChI=1S/C30H44N6S/c1-23-18-24(2)21-36(20-23)27-19-26(35-16-10-3-4-11-17-35)32-28(33-27)34-29(37)31-22-30(14-8-9-15-30)25-12-6-5-7-13-25/h5-7,12-13,19,23-24H,3-4,8-11,14-18,20-22H2,1-2H3,(H2,31,32,33,34,37)/t23-,24-/m1/s1. The maximum Gasteiger partial charge on any atom is 0.232 e. The predicted molar refractivity (Wildman–Crippen MR) is 159 cm³/mol. The fraction of sp³-hybridized carbons (Fsp3) is 0.633. The quantitative estimate of drug-likeness (QED) is 0.444. The zero-order valence-corrected chi connectivity index (χ0v) is 23.5. The van der Waals surface area contributed by atoms with Crippen molar-refractivity contribution in [3.05, 3.63) is 42.0 Å². The van der Waals surface area contributed by atoms with Crippen molar-refractivity contribution in [3.8, 4) is 0 Å². The van der Waals surface area contributed by atoms with E-state index in [2.05, 4.69) is 70.7 Å². The Morgan fingerprint density at radius 2 is 1.51 bits per heavy atom. The minimum Gasteiger partial charge on any atom is -0.361 e. The lowest BCUT2D eigenvalue weighted by molar-refractivity contribution is 0.355. The second-order valence-electron chi connectivity index (χ2n) is 11.8. The fourth-order valence-corrected chi connectivity index (χ4v) is 6.92. The van der Waals surface area contributed by atoms with Crippen LogP contribution in [0.2, 0.25) is 0 Å². The molecule has 0 bridgehead atoms. The molecule has 6 nitrogen and oxygen atoms in total. The highest BCUT2D eigenvalue weighted by atomic mass is 32.1. The number of nitrogens with zero attached hydrogens (tertiary/aromatic N) is 4. The third-order valence-electron chi connectivity index (χ3n) is 8.58. The van der Waals surface area contributed by atoms with Gasteiger partial charge in [-0.2, -0.15) is 9.97 Å². The van der Waals surface area contributed by atoms with E-state index in [0.717, 1.165) is 44.4 Å². The Morgan fingerprint density at radius 1 is 0.892 bits per heavy atom. The lowest BCUT2D eigenvalue weighted by Gasteiger charge is -2.36. The third-order valence-corrected chi connectivity index (χ3v) is 8.83. The Balaban J connectivity index is 1.33. The molecule has 1 aromatic carbocycles. The lowest BCUT2D eigenvalue weighted by atomic mass is 9.79. The minimum atomic E-state index is 0.146. The average Bonchev–Trinajstić information content (AvgIpc) is 3.22. The van der Waals surface area contributed by atoms with E-state index in [1.165, 1.54) is 63.4 Å². The summed E-state index contributed by atoms with van der Waals surface area (Å²) in [6.45, 7) is 9.75. The van der Waals surface area contributed by atoms with Gasteiger partial charge in [0.2, 0.25) is 5.95 Å². The predicted octanol–water partition coefficient (Wildman–Crippen LogP) is 6.14. The van der Waals surface area contributed by atoms with Crippen LogP contribution < -0.4 is 20.4 Å². The van der Waals surface area contributed by atoms with Crippen molar-refractivity contribution in [2.24, 2.45) is 11.8 Å². The zero-order chi connectivity index (χ0) is 25.7. The molecule has 0 radical (unpaired) electrons. The second-order valence-corrected chi connectivity index (χ2v) is 12.2. The summed E-state index contributed by atoms with van der Waals surface area (Å²) in [7, 11) is 0. The van der Waals surface area contributed by atoms with E-state index in [-0.39, 0.29) is 5.41 Å². The minimum absolute atomic E-state index is 0.146. The van der Waals surface area contributed by atoms with Gasteiger partial charge in [-0.25, -0.2) is 0 Å². The number of anilines is 3. The van der Waals surface area contributed by atoms with Crippen LogP contribution in [0.15, 0.2) is 36.4 Å². The molecule has 0 unspecified atom stereocenters. The molecule has 2 N–H and O–H groups in total. The number of hydrogen-bond acceptors (Lipinski definition) is 5. The summed E-state index contributed by atoms with van der Waals surface area (Å²) in [6, 6.07) is 13.1. The average molecular weight is 521 g/mol. The zero-order valence-electron chi connectivity index (χ0n) is 22.7. The molecule has 0 spiro atoms. The number of nitrogens with one attached hydrogen (secondary N) is 2. The van der Waals surface area contributed by atoms with Crippen LogP contribution in [0.4, 0.5) is 17.6 Å². The molecule has 2 aliphatic heterocycles. The van der Waals surface area contributed by atoms with Crippen LogP contribution in [0, 0.1) is 11.8 Å². The van der Waals surface area contributed by atoms with Gasteiger partial charge < -0.3 is 20.4 Å². The van der Waals surface area contributed by atoms with Crippen molar-refractivity contribution >= 4 is 34.9 Å². The SMILES string of the molecule is C[C@@H]1C[C@@H](C)CN(c2cc(N3CCCCCC3)nc(NC(=S)NCC3(c4ccccc4)CCCC3)n2)C1. The molecular formula is C30H44N6S. The third kappa shape index (κ3) is 6.54. The summed E-state index contributed by atoms with van der Waals surface area (Å²) in [6.07, 6.45) is 11.3. The first kappa shape index (κ1) is 26.2. The Hall–Kier alpha value is -2.41. The number of rotatable bonds is 6. The molecule has 2 saturated heterocycles. The summed E-state index contributed by atoms with van der Waals surface area (Å²) in [5, 5.41) is 7.54. The molecule has 2 atom stereocenters. The molecule has 5 rings (SSSR count). The van der Waals surface area contributed by atoms with Gasteiger partial charge in [0.15, 0.2) is 5.11 Å². The van der Waals surface area contributed by atoms with Gasteiger partial charge in [0.25, 0.3) is 0 Å². The molecule has 200 valence electrons. The van der Waals surface area contributed by atoms with Gasteiger partial charge in [-0.1, -0.05) is 69.9 Å². The van der Waals surface area contributed by atoms with Crippen LogP contribution in [0.1, 0.15) is 77.2 Å². The van der Waals surface area contributed by atoms with Gasteiger partial charge in [-0.05, 0) is 61.7 Å². The lowest BCUT2D eigenvalue weighted by Crippen LogP contribution is -2.41. The number of benzene rings is 1. The van der Waals surface area contributed by atoms with E-state index in [0.29, 0.717) is 22.9 Å². The first-order valence-electron chi connectivity index (χ1n) is 14.5. The Morgan fingerprint density at radius 3 is 2.16 bits per heavy atom. The van der Waals surface area contributed by atoms with Crippen LogP contribution in [-0.4, -0.2) is 47.8 Å². The Labute approximate surface area is 228 Å². The molecular weight excluding hydrogens is 476 g/mol. The summed E-state index contributed by atoms with van der Waals surface area (Å²) in [5.41, 5.74) is 1.56. The van der Waals surface area contributed by atoms with Crippen molar-refractivity contribution in [3.63, 3.8) is 0 Å². The van der Waals surface area contributed by atoms with Crippen LogP contribution in [0.3, 0.4) is 0 Å². The second kappa shape index (κ2) is 12.0. The first-order valence-corrected chi connectivity index (χ1v) is 14.9. The van der Waals surface area contributed by atoms with Crippen molar-refractivity contribution in [1.82, 2.24) is 15.3 Å². The van der Waals surface area contributed by atoms with Crippen LogP contribution in [0.25, 0.3) is 0 Å². The molecule has 1 aromatic heterocycles. The van der Waals surface area contributed by atoms with Gasteiger partial charge >= 0.3 is 0 Å². The highest BCUT2D eigenvalue weighted by molar-refractivity contribution is 7.80.